The smallest absolute Gasteiger partial charge is 0.117 e. The number of hydrogen-bond donors (Lipinski definition) is 1. The quantitative estimate of drug-likeness (QED) is 0.606. The average molecular weight is 133 g/mol. The van der Waals surface area contributed by atoms with Crippen LogP contribution in [0.15, 0.2) is 12.0 Å². The minimum absolute atomic E-state index is 0.258. The maximum absolute atomic E-state index is 10.5. The first-order valence-electron chi connectivity index (χ1n) is 2.46. The van der Waals surface area contributed by atoms with Crippen molar-refractivity contribution in [3.63, 3.8) is 0 Å². The van der Waals surface area contributed by atoms with Crippen molar-refractivity contribution in [2.75, 3.05) is 0 Å². The lowest BCUT2D eigenvalue weighted by Crippen LogP contribution is -2.23. The van der Waals surface area contributed by atoms with Gasteiger partial charge in [-0.1, -0.05) is 6.58 Å². The molecule has 1 N–H and O–H groups in total. The van der Waals surface area contributed by atoms with E-state index in [1.165, 1.54) is 5.41 Å². The first-order chi connectivity index (χ1) is 3.66. The highest BCUT2D eigenvalue weighted by Crippen LogP contribution is 1.80. The van der Waals surface area contributed by atoms with Crippen LogP contribution in [0, 0.1) is 0 Å². The third-order valence-electron chi connectivity index (χ3n) is 0.503. The molecule has 0 aromatic rings. The minimum atomic E-state index is -1.04. The molecule has 0 bridgehead atoms. The van der Waals surface area contributed by atoms with E-state index in [0.29, 0.717) is 0 Å². The van der Waals surface area contributed by atoms with Gasteiger partial charge in [-0.2, -0.15) is 0 Å². The van der Waals surface area contributed by atoms with Gasteiger partial charge in [0.1, 0.15) is 11.0 Å². The van der Waals surface area contributed by atoms with Gasteiger partial charge in [-0.15, -0.1) is 0 Å². The SMILES string of the molecule is C=CS(=O)NC(C)C. The maximum atomic E-state index is 10.5. The Labute approximate surface area is 52.6 Å². The van der Waals surface area contributed by atoms with Crippen LogP contribution in [0.25, 0.3) is 0 Å². The topological polar surface area (TPSA) is 29.1 Å². The Morgan fingerprint density at radius 3 is 2.38 bits per heavy atom. The van der Waals surface area contributed by atoms with Crippen LogP contribution in [0.1, 0.15) is 13.8 Å². The number of rotatable bonds is 3. The van der Waals surface area contributed by atoms with E-state index >= 15 is 0 Å². The molecule has 2 nitrogen and oxygen atoms in total. The number of nitrogens with one attached hydrogen (secondary N) is 1. The zero-order chi connectivity index (χ0) is 6.57. The molecule has 0 radical (unpaired) electrons. The predicted molar refractivity (Wildman–Crippen MR) is 36.6 cm³/mol. The molecule has 0 amide bonds. The van der Waals surface area contributed by atoms with Gasteiger partial charge in [0.2, 0.25) is 0 Å². The summed E-state index contributed by atoms with van der Waals surface area (Å²) in [6.45, 7) is 7.21. The van der Waals surface area contributed by atoms with Crippen molar-refractivity contribution >= 4 is 11.0 Å². The summed E-state index contributed by atoms with van der Waals surface area (Å²) in [7, 11) is -1.04. The minimum Gasteiger partial charge on any atom is -0.238 e. The fourth-order valence-electron chi connectivity index (χ4n) is 0.280. The highest BCUT2D eigenvalue weighted by Gasteiger charge is 1.92. The first-order valence-corrected chi connectivity index (χ1v) is 3.67. The van der Waals surface area contributed by atoms with Gasteiger partial charge in [-0.3, -0.25) is 0 Å². The van der Waals surface area contributed by atoms with E-state index < -0.39 is 11.0 Å². The molecular weight excluding hydrogens is 122 g/mol. The molecule has 0 saturated carbocycles. The Balaban J connectivity index is 3.39. The van der Waals surface area contributed by atoms with Crippen molar-refractivity contribution in [3.8, 4) is 0 Å². The zero-order valence-electron chi connectivity index (χ0n) is 5.18. The predicted octanol–water partition coefficient (Wildman–Crippen LogP) is 0.792. The molecule has 0 aromatic heterocycles. The first kappa shape index (κ1) is 7.85. The molecule has 0 fully saturated rings. The molecular formula is C5H11NOS. The second kappa shape index (κ2) is 3.80. The van der Waals surface area contributed by atoms with Crippen LogP contribution in [-0.4, -0.2) is 10.3 Å². The van der Waals surface area contributed by atoms with Gasteiger partial charge < -0.3 is 0 Å². The molecule has 0 aliphatic carbocycles. The summed E-state index contributed by atoms with van der Waals surface area (Å²) < 4.78 is 13.3. The van der Waals surface area contributed by atoms with E-state index in [1.807, 2.05) is 13.8 Å². The molecule has 0 aliphatic heterocycles. The molecule has 8 heavy (non-hydrogen) atoms. The Bertz CT molecular complexity index is 101. The van der Waals surface area contributed by atoms with Gasteiger partial charge in [0, 0.05) is 11.4 Å². The summed E-state index contributed by atoms with van der Waals surface area (Å²) in [5.74, 6) is 0. The Kier molecular flexibility index (Phi) is 3.73. The molecule has 0 heterocycles. The van der Waals surface area contributed by atoms with Crippen LogP contribution in [0.4, 0.5) is 0 Å². The van der Waals surface area contributed by atoms with E-state index in [9.17, 15) is 4.21 Å². The van der Waals surface area contributed by atoms with Crippen LogP contribution in [0.5, 0.6) is 0 Å². The fraction of sp³-hybridized carbons (Fsp3) is 0.600. The largest absolute Gasteiger partial charge is 0.238 e. The molecule has 0 rings (SSSR count). The molecule has 0 spiro atoms. The maximum Gasteiger partial charge on any atom is 0.117 e. The van der Waals surface area contributed by atoms with Crippen molar-refractivity contribution in [2.45, 2.75) is 19.9 Å². The van der Waals surface area contributed by atoms with Crippen molar-refractivity contribution in [2.24, 2.45) is 0 Å². The van der Waals surface area contributed by atoms with Crippen LogP contribution < -0.4 is 4.72 Å². The van der Waals surface area contributed by atoms with E-state index in [2.05, 4.69) is 11.3 Å². The molecule has 1 unspecified atom stereocenters. The monoisotopic (exact) mass is 133 g/mol. The third-order valence-corrected chi connectivity index (χ3v) is 1.51. The van der Waals surface area contributed by atoms with Gasteiger partial charge >= 0.3 is 0 Å². The summed E-state index contributed by atoms with van der Waals surface area (Å²) in [6, 6.07) is 0.258. The Morgan fingerprint density at radius 2 is 2.25 bits per heavy atom. The van der Waals surface area contributed by atoms with E-state index in [-0.39, 0.29) is 6.04 Å². The number of hydrogen-bond acceptors (Lipinski definition) is 1. The van der Waals surface area contributed by atoms with Gasteiger partial charge in [-0.25, -0.2) is 8.93 Å². The summed E-state index contributed by atoms with van der Waals surface area (Å²) in [5.41, 5.74) is 0. The lowest BCUT2D eigenvalue weighted by molar-refractivity contribution is 0.662. The lowest BCUT2D eigenvalue weighted by Gasteiger charge is -2.01. The third kappa shape index (κ3) is 4.02. The Hall–Kier alpha value is -0.150. The van der Waals surface area contributed by atoms with Crippen LogP contribution in [0.3, 0.4) is 0 Å². The Morgan fingerprint density at radius 1 is 1.75 bits per heavy atom. The van der Waals surface area contributed by atoms with Gasteiger partial charge in [-0.05, 0) is 13.8 Å². The summed E-state index contributed by atoms with van der Waals surface area (Å²) in [5, 5.41) is 1.38. The molecule has 3 heteroatoms. The van der Waals surface area contributed by atoms with E-state index in [1.54, 1.807) is 0 Å². The highest BCUT2D eigenvalue weighted by atomic mass is 32.2. The molecule has 0 aliphatic rings. The van der Waals surface area contributed by atoms with Gasteiger partial charge in [0.05, 0.1) is 0 Å². The van der Waals surface area contributed by atoms with Crippen molar-refractivity contribution in [1.29, 1.82) is 0 Å². The average Bonchev–Trinajstić information content (AvgIpc) is 1.65. The normalized spacial score (nSPS) is 13.9. The fourth-order valence-corrected chi connectivity index (χ4v) is 0.841. The zero-order valence-corrected chi connectivity index (χ0v) is 5.99. The second-order valence-corrected chi connectivity index (χ2v) is 2.90. The summed E-state index contributed by atoms with van der Waals surface area (Å²) in [6.07, 6.45) is 0. The van der Waals surface area contributed by atoms with Crippen LogP contribution in [0.2, 0.25) is 0 Å². The van der Waals surface area contributed by atoms with Crippen molar-refractivity contribution in [3.05, 3.63) is 12.0 Å². The molecule has 0 saturated heterocycles. The molecule has 1 atom stereocenters. The van der Waals surface area contributed by atoms with Crippen molar-refractivity contribution in [1.82, 2.24) is 4.72 Å². The van der Waals surface area contributed by atoms with E-state index in [0.717, 1.165) is 0 Å². The summed E-state index contributed by atoms with van der Waals surface area (Å²) >= 11 is 0. The van der Waals surface area contributed by atoms with Crippen molar-refractivity contribution < 1.29 is 4.21 Å². The van der Waals surface area contributed by atoms with E-state index in [4.69, 9.17) is 0 Å². The van der Waals surface area contributed by atoms with Gasteiger partial charge in [0.25, 0.3) is 0 Å². The summed E-state index contributed by atoms with van der Waals surface area (Å²) in [4.78, 5) is 0. The second-order valence-electron chi connectivity index (χ2n) is 1.74. The standard InChI is InChI=1S/C5H11NOS/c1-4-8(7)6-5(2)3/h4-6H,1H2,2-3H3. The molecule has 48 valence electrons. The highest BCUT2D eigenvalue weighted by molar-refractivity contribution is 7.86. The lowest BCUT2D eigenvalue weighted by atomic mass is 10.4. The van der Waals surface area contributed by atoms with Crippen LogP contribution in [-0.2, 0) is 11.0 Å². The molecule has 0 aromatic carbocycles. The van der Waals surface area contributed by atoms with Crippen LogP contribution >= 0.6 is 0 Å². The van der Waals surface area contributed by atoms with Gasteiger partial charge in [0.15, 0.2) is 0 Å².